The number of aromatic nitrogens is 2. The first-order valence-corrected chi connectivity index (χ1v) is 5.89. The highest BCUT2D eigenvalue weighted by molar-refractivity contribution is 7.08. The maximum absolute atomic E-state index is 12.0. The lowest BCUT2D eigenvalue weighted by atomic mass is 10.1. The van der Waals surface area contributed by atoms with E-state index in [2.05, 4.69) is 14.3 Å². The van der Waals surface area contributed by atoms with E-state index >= 15 is 0 Å². The fourth-order valence-corrected chi connectivity index (χ4v) is 2.04. The molecule has 1 aromatic heterocycles. The summed E-state index contributed by atoms with van der Waals surface area (Å²) in [6.07, 6.45) is 0. The Hall–Kier alpha value is -1.50. The van der Waals surface area contributed by atoms with Crippen molar-refractivity contribution in [2.45, 2.75) is 19.8 Å². The summed E-state index contributed by atoms with van der Waals surface area (Å²) in [5.74, 6) is -0.585. The van der Waals surface area contributed by atoms with E-state index in [0.29, 0.717) is 10.6 Å². The standard InChI is InChI=1S/C10H15N3O3S/c1-6(2)8-9(17-12-11-8)10(15)13(3)5-7(14)16-4/h6H,5H2,1-4H3. The summed E-state index contributed by atoms with van der Waals surface area (Å²) in [7, 11) is 2.83. The predicted molar refractivity (Wildman–Crippen MR) is 63.0 cm³/mol. The molecule has 17 heavy (non-hydrogen) atoms. The average molecular weight is 257 g/mol. The fourth-order valence-electron chi connectivity index (χ4n) is 1.23. The highest BCUT2D eigenvalue weighted by Crippen LogP contribution is 2.20. The molecule has 0 aliphatic heterocycles. The highest BCUT2D eigenvalue weighted by atomic mass is 32.1. The van der Waals surface area contributed by atoms with Crippen LogP contribution >= 0.6 is 11.5 Å². The maximum Gasteiger partial charge on any atom is 0.325 e. The van der Waals surface area contributed by atoms with Crippen LogP contribution in [0.3, 0.4) is 0 Å². The van der Waals surface area contributed by atoms with Gasteiger partial charge in [0.05, 0.1) is 12.8 Å². The van der Waals surface area contributed by atoms with Gasteiger partial charge in [-0.2, -0.15) is 0 Å². The zero-order valence-electron chi connectivity index (χ0n) is 10.3. The van der Waals surface area contributed by atoms with E-state index in [1.54, 1.807) is 7.05 Å². The molecule has 0 aromatic carbocycles. The van der Waals surface area contributed by atoms with Crippen LogP contribution in [0.2, 0.25) is 0 Å². The predicted octanol–water partition coefficient (Wildman–Crippen LogP) is 0.906. The van der Waals surface area contributed by atoms with Crippen molar-refractivity contribution in [2.75, 3.05) is 20.7 Å². The minimum Gasteiger partial charge on any atom is -0.468 e. The van der Waals surface area contributed by atoms with Gasteiger partial charge in [-0.25, -0.2) is 0 Å². The quantitative estimate of drug-likeness (QED) is 0.749. The van der Waals surface area contributed by atoms with Gasteiger partial charge in [0.15, 0.2) is 0 Å². The lowest BCUT2D eigenvalue weighted by molar-refractivity contribution is -0.141. The molecule has 0 N–H and O–H groups in total. The number of carbonyl (C=O) groups is 2. The number of ether oxygens (including phenoxy) is 1. The second-order valence-electron chi connectivity index (χ2n) is 3.88. The van der Waals surface area contributed by atoms with Gasteiger partial charge < -0.3 is 9.64 Å². The largest absolute Gasteiger partial charge is 0.468 e. The number of hydrogen-bond acceptors (Lipinski definition) is 6. The molecule has 0 radical (unpaired) electrons. The Bertz CT molecular complexity index is 417. The Morgan fingerprint density at radius 1 is 1.47 bits per heavy atom. The van der Waals surface area contributed by atoms with Crippen LogP contribution in [0, 0.1) is 0 Å². The van der Waals surface area contributed by atoms with Gasteiger partial charge in [-0.15, -0.1) is 5.10 Å². The smallest absolute Gasteiger partial charge is 0.325 e. The maximum atomic E-state index is 12.0. The van der Waals surface area contributed by atoms with Crippen LogP contribution in [-0.4, -0.2) is 47.1 Å². The average Bonchev–Trinajstić information content (AvgIpc) is 2.76. The Kier molecular flexibility index (Phi) is 4.56. The molecule has 0 saturated heterocycles. The van der Waals surface area contributed by atoms with E-state index < -0.39 is 5.97 Å². The van der Waals surface area contributed by atoms with Crippen LogP contribution < -0.4 is 0 Å². The van der Waals surface area contributed by atoms with Crippen LogP contribution in [-0.2, 0) is 9.53 Å². The van der Waals surface area contributed by atoms with Crippen molar-refractivity contribution in [3.8, 4) is 0 Å². The fraction of sp³-hybridized carbons (Fsp3) is 0.600. The zero-order chi connectivity index (χ0) is 13.0. The van der Waals surface area contributed by atoms with Crippen molar-refractivity contribution in [1.29, 1.82) is 0 Å². The minimum atomic E-state index is -0.454. The van der Waals surface area contributed by atoms with Gasteiger partial charge in [-0.1, -0.05) is 18.3 Å². The number of likely N-dealkylation sites (N-methyl/N-ethyl adjacent to an activating group) is 1. The normalized spacial score (nSPS) is 10.4. The third-order valence-corrected chi connectivity index (χ3v) is 2.92. The summed E-state index contributed by atoms with van der Waals surface area (Å²) in [5.41, 5.74) is 0.664. The lowest BCUT2D eigenvalue weighted by Gasteiger charge is -2.15. The third-order valence-electron chi connectivity index (χ3n) is 2.20. The zero-order valence-corrected chi connectivity index (χ0v) is 11.1. The SMILES string of the molecule is COC(=O)CN(C)C(=O)c1snnc1C(C)C. The number of methoxy groups -OCH3 is 1. The first kappa shape index (κ1) is 13.6. The number of esters is 1. The number of nitrogens with zero attached hydrogens (tertiary/aromatic N) is 3. The Morgan fingerprint density at radius 2 is 2.12 bits per heavy atom. The molecule has 1 heterocycles. The minimum absolute atomic E-state index is 0.0786. The summed E-state index contributed by atoms with van der Waals surface area (Å²) in [6, 6.07) is 0. The van der Waals surface area contributed by atoms with E-state index in [1.807, 2.05) is 13.8 Å². The summed E-state index contributed by atoms with van der Waals surface area (Å²) < 4.78 is 8.28. The molecule has 6 nitrogen and oxygen atoms in total. The molecule has 1 rings (SSSR count). The number of hydrogen-bond donors (Lipinski definition) is 0. The molecule has 0 aliphatic rings. The molecule has 0 bridgehead atoms. The lowest BCUT2D eigenvalue weighted by Crippen LogP contribution is -2.32. The Labute approximate surface area is 104 Å². The van der Waals surface area contributed by atoms with Gasteiger partial charge in [0.25, 0.3) is 5.91 Å². The van der Waals surface area contributed by atoms with Gasteiger partial charge in [0.1, 0.15) is 11.4 Å². The van der Waals surface area contributed by atoms with Gasteiger partial charge in [0, 0.05) is 7.05 Å². The summed E-state index contributed by atoms with van der Waals surface area (Å²) >= 11 is 1.04. The van der Waals surface area contributed by atoms with E-state index in [1.165, 1.54) is 12.0 Å². The van der Waals surface area contributed by atoms with E-state index in [4.69, 9.17) is 0 Å². The van der Waals surface area contributed by atoms with Gasteiger partial charge in [0.2, 0.25) is 0 Å². The van der Waals surface area contributed by atoms with Crippen molar-refractivity contribution in [3.05, 3.63) is 10.6 Å². The monoisotopic (exact) mass is 257 g/mol. The molecule has 0 aliphatic carbocycles. The van der Waals surface area contributed by atoms with E-state index in [0.717, 1.165) is 11.5 Å². The molecule has 0 spiro atoms. The molecule has 1 amide bonds. The third kappa shape index (κ3) is 3.23. The molecule has 0 fully saturated rings. The molecule has 94 valence electrons. The van der Waals surface area contributed by atoms with E-state index in [-0.39, 0.29) is 18.4 Å². The van der Waals surface area contributed by atoms with Gasteiger partial charge >= 0.3 is 5.97 Å². The molecule has 7 heteroatoms. The van der Waals surface area contributed by atoms with Crippen LogP contribution in [0.25, 0.3) is 0 Å². The molecule has 0 atom stereocenters. The first-order chi connectivity index (χ1) is 7.97. The second kappa shape index (κ2) is 5.72. The highest BCUT2D eigenvalue weighted by Gasteiger charge is 2.23. The molecular formula is C10H15N3O3S. The van der Waals surface area contributed by atoms with Gasteiger partial charge in [-0.05, 0) is 17.5 Å². The van der Waals surface area contributed by atoms with Crippen LogP contribution in [0.15, 0.2) is 0 Å². The van der Waals surface area contributed by atoms with Crippen molar-refractivity contribution < 1.29 is 14.3 Å². The number of amides is 1. The summed E-state index contributed by atoms with van der Waals surface area (Å²) in [5, 5.41) is 3.92. The Balaban J connectivity index is 2.82. The van der Waals surface area contributed by atoms with Crippen molar-refractivity contribution in [1.82, 2.24) is 14.5 Å². The van der Waals surface area contributed by atoms with Gasteiger partial charge in [-0.3, -0.25) is 9.59 Å². The summed E-state index contributed by atoms with van der Waals surface area (Å²) in [4.78, 5) is 24.9. The van der Waals surface area contributed by atoms with Crippen LogP contribution in [0.5, 0.6) is 0 Å². The van der Waals surface area contributed by atoms with Crippen LogP contribution in [0.1, 0.15) is 35.1 Å². The Morgan fingerprint density at radius 3 is 2.65 bits per heavy atom. The number of rotatable bonds is 4. The summed E-state index contributed by atoms with van der Waals surface area (Å²) in [6.45, 7) is 3.80. The van der Waals surface area contributed by atoms with Crippen molar-refractivity contribution in [2.24, 2.45) is 0 Å². The van der Waals surface area contributed by atoms with Crippen molar-refractivity contribution in [3.63, 3.8) is 0 Å². The second-order valence-corrected chi connectivity index (χ2v) is 4.63. The van der Waals surface area contributed by atoms with E-state index in [9.17, 15) is 9.59 Å². The molecule has 1 aromatic rings. The molecular weight excluding hydrogens is 242 g/mol. The van der Waals surface area contributed by atoms with Crippen LogP contribution in [0.4, 0.5) is 0 Å². The molecule has 0 unspecified atom stereocenters. The topological polar surface area (TPSA) is 72.4 Å². The van der Waals surface area contributed by atoms with Crippen molar-refractivity contribution >= 4 is 23.4 Å². The number of carbonyl (C=O) groups excluding carboxylic acids is 2. The first-order valence-electron chi connectivity index (χ1n) is 5.11. The molecule has 0 saturated carbocycles.